The topological polar surface area (TPSA) is 55.6 Å². The SMILES string of the molecule is CCNC(C)c1nnnn1C(C)c1ccccc1F. The molecule has 102 valence electrons. The van der Waals surface area contributed by atoms with Crippen LogP contribution in [0.3, 0.4) is 0 Å². The van der Waals surface area contributed by atoms with Gasteiger partial charge in [0.15, 0.2) is 5.82 Å². The third kappa shape index (κ3) is 2.78. The van der Waals surface area contributed by atoms with Crippen LogP contribution in [0.25, 0.3) is 0 Å². The first-order valence-corrected chi connectivity index (χ1v) is 6.40. The Morgan fingerprint density at radius 2 is 2.05 bits per heavy atom. The van der Waals surface area contributed by atoms with Gasteiger partial charge in [-0.15, -0.1) is 5.10 Å². The summed E-state index contributed by atoms with van der Waals surface area (Å²) in [6.07, 6.45) is 0. The summed E-state index contributed by atoms with van der Waals surface area (Å²) in [5.41, 5.74) is 0.583. The molecule has 0 amide bonds. The van der Waals surface area contributed by atoms with Gasteiger partial charge in [-0.05, 0) is 36.9 Å². The zero-order valence-electron chi connectivity index (χ0n) is 11.3. The van der Waals surface area contributed by atoms with E-state index in [-0.39, 0.29) is 17.9 Å². The summed E-state index contributed by atoms with van der Waals surface area (Å²) >= 11 is 0. The highest BCUT2D eigenvalue weighted by atomic mass is 19.1. The Bertz CT molecular complexity index is 539. The summed E-state index contributed by atoms with van der Waals surface area (Å²) in [5.74, 6) is 0.463. The molecule has 0 bridgehead atoms. The molecule has 0 aliphatic rings. The van der Waals surface area contributed by atoms with Gasteiger partial charge in [-0.2, -0.15) is 0 Å². The highest BCUT2D eigenvalue weighted by Gasteiger charge is 2.20. The van der Waals surface area contributed by atoms with E-state index < -0.39 is 0 Å². The number of hydrogen-bond acceptors (Lipinski definition) is 4. The number of benzene rings is 1. The first-order valence-electron chi connectivity index (χ1n) is 6.40. The van der Waals surface area contributed by atoms with Crippen LogP contribution >= 0.6 is 0 Å². The minimum Gasteiger partial charge on any atom is -0.308 e. The number of tetrazole rings is 1. The van der Waals surface area contributed by atoms with E-state index in [0.29, 0.717) is 11.4 Å². The summed E-state index contributed by atoms with van der Waals surface area (Å²) in [6, 6.07) is 6.47. The molecule has 2 aromatic rings. The largest absolute Gasteiger partial charge is 0.308 e. The Kier molecular flexibility index (Phi) is 4.21. The molecule has 0 aliphatic carbocycles. The molecule has 2 rings (SSSR count). The lowest BCUT2D eigenvalue weighted by molar-refractivity contribution is 0.457. The monoisotopic (exact) mass is 263 g/mol. The minimum absolute atomic E-state index is 0.0224. The first kappa shape index (κ1) is 13.6. The number of nitrogens with zero attached hydrogens (tertiary/aromatic N) is 4. The smallest absolute Gasteiger partial charge is 0.168 e. The van der Waals surface area contributed by atoms with Crippen molar-refractivity contribution in [2.75, 3.05) is 6.54 Å². The van der Waals surface area contributed by atoms with Gasteiger partial charge in [0, 0.05) is 5.56 Å². The zero-order chi connectivity index (χ0) is 13.8. The molecule has 1 aromatic carbocycles. The predicted molar refractivity (Wildman–Crippen MR) is 70.1 cm³/mol. The van der Waals surface area contributed by atoms with E-state index in [0.717, 1.165) is 6.54 Å². The highest BCUT2D eigenvalue weighted by molar-refractivity contribution is 5.21. The van der Waals surface area contributed by atoms with Gasteiger partial charge in [0.25, 0.3) is 0 Å². The normalized spacial score (nSPS) is 14.3. The van der Waals surface area contributed by atoms with Crippen LogP contribution in [0.4, 0.5) is 4.39 Å². The summed E-state index contributed by atoms with van der Waals surface area (Å²) in [5, 5.41) is 15.0. The van der Waals surface area contributed by atoms with Crippen LogP contribution in [0, 0.1) is 5.82 Å². The molecular formula is C13H18FN5. The van der Waals surface area contributed by atoms with Crippen LogP contribution in [-0.2, 0) is 0 Å². The maximum Gasteiger partial charge on any atom is 0.168 e. The Morgan fingerprint density at radius 1 is 1.32 bits per heavy atom. The molecule has 1 aromatic heterocycles. The third-order valence-electron chi connectivity index (χ3n) is 3.14. The number of halogens is 1. The molecule has 0 spiro atoms. The van der Waals surface area contributed by atoms with Gasteiger partial charge in [-0.1, -0.05) is 25.1 Å². The molecular weight excluding hydrogens is 245 g/mol. The third-order valence-corrected chi connectivity index (χ3v) is 3.14. The van der Waals surface area contributed by atoms with Crippen molar-refractivity contribution in [2.45, 2.75) is 32.9 Å². The van der Waals surface area contributed by atoms with Crippen LogP contribution in [0.1, 0.15) is 44.2 Å². The lowest BCUT2D eigenvalue weighted by Crippen LogP contribution is -2.24. The van der Waals surface area contributed by atoms with Crippen molar-refractivity contribution in [1.82, 2.24) is 25.5 Å². The second-order valence-corrected chi connectivity index (χ2v) is 4.46. The average Bonchev–Trinajstić information content (AvgIpc) is 2.88. The molecule has 0 saturated heterocycles. The standard InChI is InChI=1S/C13H18FN5/c1-4-15-9(2)13-16-17-18-19(13)10(3)11-7-5-6-8-12(11)14/h5-10,15H,4H2,1-3H3. The second-order valence-electron chi connectivity index (χ2n) is 4.46. The van der Waals surface area contributed by atoms with Crippen LogP contribution in [-0.4, -0.2) is 26.8 Å². The van der Waals surface area contributed by atoms with Crippen molar-refractivity contribution >= 4 is 0 Å². The van der Waals surface area contributed by atoms with Gasteiger partial charge in [0.05, 0.1) is 12.1 Å². The van der Waals surface area contributed by atoms with Crippen molar-refractivity contribution in [2.24, 2.45) is 0 Å². The molecule has 0 aliphatic heterocycles. The fraction of sp³-hybridized carbons (Fsp3) is 0.462. The quantitative estimate of drug-likeness (QED) is 0.897. The van der Waals surface area contributed by atoms with Gasteiger partial charge >= 0.3 is 0 Å². The van der Waals surface area contributed by atoms with Gasteiger partial charge in [0.1, 0.15) is 5.82 Å². The molecule has 1 heterocycles. The van der Waals surface area contributed by atoms with E-state index in [1.54, 1.807) is 16.8 Å². The highest BCUT2D eigenvalue weighted by Crippen LogP contribution is 2.22. The van der Waals surface area contributed by atoms with Gasteiger partial charge in [-0.25, -0.2) is 9.07 Å². The van der Waals surface area contributed by atoms with Crippen molar-refractivity contribution in [3.05, 3.63) is 41.5 Å². The molecule has 0 radical (unpaired) electrons. The summed E-state index contributed by atoms with van der Waals surface area (Å²) in [6.45, 7) is 6.71. The van der Waals surface area contributed by atoms with Crippen molar-refractivity contribution in [1.29, 1.82) is 0 Å². The van der Waals surface area contributed by atoms with Crippen LogP contribution < -0.4 is 5.32 Å². The van der Waals surface area contributed by atoms with Gasteiger partial charge in [0.2, 0.25) is 0 Å². The van der Waals surface area contributed by atoms with Gasteiger partial charge < -0.3 is 5.32 Å². The maximum absolute atomic E-state index is 13.8. The fourth-order valence-electron chi connectivity index (χ4n) is 2.10. The molecule has 2 atom stereocenters. The Hall–Kier alpha value is -1.82. The Balaban J connectivity index is 2.32. The molecule has 6 heteroatoms. The summed E-state index contributed by atoms with van der Waals surface area (Å²) < 4.78 is 15.5. The fourth-order valence-corrected chi connectivity index (χ4v) is 2.10. The zero-order valence-corrected chi connectivity index (χ0v) is 11.3. The maximum atomic E-state index is 13.8. The van der Waals surface area contributed by atoms with E-state index in [1.807, 2.05) is 26.8 Å². The number of rotatable bonds is 5. The number of aromatic nitrogens is 4. The lowest BCUT2D eigenvalue weighted by atomic mass is 10.1. The predicted octanol–water partition coefficient (Wildman–Crippen LogP) is 2.09. The average molecular weight is 263 g/mol. The van der Waals surface area contributed by atoms with E-state index in [2.05, 4.69) is 20.8 Å². The molecule has 0 saturated carbocycles. The van der Waals surface area contributed by atoms with Crippen molar-refractivity contribution < 1.29 is 4.39 Å². The van der Waals surface area contributed by atoms with E-state index >= 15 is 0 Å². The number of hydrogen-bond donors (Lipinski definition) is 1. The molecule has 19 heavy (non-hydrogen) atoms. The summed E-state index contributed by atoms with van der Waals surface area (Å²) in [7, 11) is 0. The Labute approximate surface area is 111 Å². The van der Waals surface area contributed by atoms with Crippen LogP contribution in [0.2, 0.25) is 0 Å². The molecule has 0 fully saturated rings. The van der Waals surface area contributed by atoms with Crippen molar-refractivity contribution in [3.8, 4) is 0 Å². The van der Waals surface area contributed by atoms with Gasteiger partial charge in [-0.3, -0.25) is 0 Å². The Morgan fingerprint density at radius 3 is 2.74 bits per heavy atom. The molecule has 2 unspecified atom stereocenters. The van der Waals surface area contributed by atoms with E-state index in [9.17, 15) is 4.39 Å². The van der Waals surface area contributed by atoms with Crippen LogP contribution in [0.5, 0.6) is 0 Å². The lowest BCUT2D eigenvalue weighted by Gasteiger charge is -2.17. The number of nitrogens with one attached hydrogen (secondary N) is 1. The van der Waals surface area contributed by atoms with Crippen LogP contribution in [0.15, 0.2) is 24.3 Å². The second kappa shape index (κ2) is 5.88. The molecule has 5 nitrogen and oxygen atoms in total. The van der Waals surface area contributed by atoms with Crippen molar-refractivity contribution in [3.63, 3.8) is 0 Å². The molecule has 1 N–H and O–H groups in total. The van der Waals surface area contributed by atoms with E-state index in [1.165, 1.54) is 6.07 Å². The van der Waals surface area contributed by atoms with E-state index in [4.69, 9.17) is 0 Å². The first-order chi connectivity index (χ1) is 9.15. The summed E-state index contributed by atoms with van der Waals surface area (Å²) in [4.78, 5) is 0. The minimum atomic E-state index is -0.243.